The van der Waals surface area contributed by atoms with E-state index in [1.54, 1.807) is 24.3 Å². The molecule has 102 valence electrons. The van der Waals surface area contributed by atoms with E-state index in [0.29, 0.717) is 18.7 Å². The van der Waals surface area contributed by atoms with Crippen LogP contribution in [0.2, 0.25) is 0 Å². The Morgan fingerprint density at radius 1 is 1.33 bits per heavy atom. The summed E-state index contributed by atoms with van der Waals surface area (Å²) in [4.78, 5) is 0.726. The van der Waals surface area contributed by atoms with Crippen molar-refractivity contribution in [1.29, 1.82) is 0 Å². The molecule has 1 unspecified atom stereocenters. The number of aliphatic hydroxyl groups excluding tert-OH is 1. The molecule has 0 aromatic heterocycles. The Kier molecular flexibility index (Phi) is 5.78. The second kappa shape index (κ2) is 6.87. The van der Waals surface area contributed by atoms with E-state index in [4.69, 9.17) is 9.84 Å². The van der Waals surface area contributed by atoms with E-state index in [1.165, 1.54) is 0 Å². The second-order valence-electron chi connectivity index (χ2n) is 4.57. The van der Waals surface area contributed by atoms with Crippen LogP contribution in [0.15, 0.2) is 29.2 Å². The minimum absolute atomic E-state index is 0.0928. The number of aliphatic hydroxyl groups is 1. The van der Waals surface area contributed by atoms with Crippen molar-refractivity contribution in [2.75, 3.05) is 13.2 Å². The van der Waals surface area contributed by atoms with E-state index >= 15 is 0 Å². The molecule has 1 rings (SSSR count). The fourth-order valence-corrected chi connectivity index (χ4v) is 2.30. The number of nitrogens with one attached hydrogen (secondary N) is 1. The predicted octanol–water partition coefficient (Wildman–Crippen LogP) is 1.86. The van der Waals surface area contributed by atoms with Gasteiger partial charge in [-0.05, 0) is 38.1 Å². The molecule has 0 aliphatic heterocycles. The molecule has 0 fully saturated rings. The Morgan fingerprint density at radius 2 is 1.94 bits per heavy atom. The van der Waals surface area contributed by atoms with E-state index in [1.807, 2.05) is 20.8 Å². The van der Waals surface area contributed by atoms with Crippen molar-refractivity contribution in [3.05, 3.63) is 24.3 Å². The zero-order valence-electron chi connectivity index (χ0n) is 11.1. The third kappa shape index (κ3) is 4.76. The molecule has 0 aliphatic rings. The van der Waals surface area contributed by atoms with E-state index in [0.717, 1.165) is 4.90 Å². The van der Waals surface area contributed by atoms with Crippen LogP contribution in [0.3, 0.4) is 0 Å². The van der Waals surface area contributed by atoms with Gasteiger partial charge in [0.2, 0.25) is 0 Å². The quantitative estimate of drug-likeness (QED) is 0.796. The van der Waals surface area contributed by atoms with Gasteiger partial charge in [-0.15, -0.1) is 0 Å². The van der Waals surface area contributed by atoms with Gasteiger partial charge in [-0.25, -0.2) is 8.93 Å². The van der Waals surface area contributed by atoms with Gasteiger partial charge in [0.15, 0.2) is 0 Å². The largest absolute Gasteiger partial charge is 0.488 e. The number of rotatable bonds is 7. The molecule has 1 atom stereocenters. The first-order valence-electron chi connectivity index (χ1n) is 6.03. The highest BCUT2D eigenvalue weighted by molar-refractivity contribution is 7.83. The first-order valence-corrected chi connectivity index (χ1v) is 7.18. The zero-order chi connectivity index (χ0) is 13.6. The second-order valence-corrected chi connectivity index (χ2v) is 5.87. The van der Waals surface area contributed by atoms with E-state index in [9.17, 15) is 4.21 Å². The third-order valence-corrected chi connectivity index (χ3v) is 3.67. The molecule has 0 aliphatic carbocycles. The van der Waals surface area contributed by atoms with Crippen molar-refractivity contribution in [3.63, 3.8) is 0 Å². The first kappa shape index (κ1) is 15.1. The van der Waals surface area contributed by atoms with E-state index in [-0.39, 0.29) is 6.61 Å². The Hall–Kier alpha value is -0.910. The minimum atomic E-state index is -1.16. The van der Waals surface area contributed by atoms with Gasteiger partial charge in [0.25, 0.3) is 0 Å². The monoisotopic (exact) mass is 271 g/mol. The number of hydrogen-bond acceptors (Lipinski definition) is 3. The zero-order valence-corrected chi connectivity index (χ0v) is 11.9. The van der Waals surface area contributed by atoms with Crippen LogP contribution >= 0.6 is 0 Å². The van der Waals surface area contributed by atoms with Crippen LogP contribution in [0.4, 0.5) is 0 Å². The fraction of sp³-hybridized carbons (Fsp3) is 0.538. The number of benzene rings is 1. The molecule has 2 N–H and O–H groups in total. The molecular formula is C13H21NO3S. The highest BCUT2D eigenvalue weighted by atomic mass is 32.2. The maximum atomic E-state index is 11.7. The van der Waals surface area contributed by atoms with Gasteiger partial charge in [0, 0.05) is 19.6 Å². The summed E-state index contributed by atoms with van der Waals surface area (Å²) in [5.74, 6) is 0.714. The maximum absolute atomic E-state index is 11.7. The smallest absolute Gasteiger partial charge is 0.124 e. The third-order valence-electron chi connectivity index (χ3n) is 2.42. The topological polar surface area (TPSA) is 58.6 Å². The summed E-state index contributed by atoms with van der Waals surface area (Å²) < 4.78 is 20.3. The molecule has 0 saturated carbocycles. The summed E-state index contributed by atoms with van der Waals surface area (Å²) in [6, 6.07) is 7.15. The summed E-state index contributed by atoms with van der Waals surface area (Å²) in [7, 11) is -1.16. The summed E-state index contributed by atoms with van der Waals surface area (Å²) in [5.41, 5.74) is -0.406. The summed E-state index contributed by atoms with van der Waals surface area (Å²) in [6.45, 7) is 6.51. The Morgan fingerprint density at radius 3 is 2.44 bits per heavy atom. The molecule has 0 heterocycles. The average Bonchev–Trinajstić information content (AvgIpc) is 2.29. The molecule has 0 amide bonds. The molecule has 0 bridgehead atoms. The van der Waals surface area contributed by atoms with Gasteiger partial charge in [0.1, 0.15) is 22.3 Å². The summed E-state index contributed by atoms with van der Waals surface area (Å²) >= 11 is 0. The van der Waals surface area contributed by atoms with Crippen molar-refractivity contribution in [1.82, 2.24) is 4.72 Å². The van der Waals surface area contributed by atoms with Crippen LogP contribution in [-0.4, -0.2) is 28.1 Å². The Bertz CT molecular complexity index is 390. The predicted molar refractivity (Wildman–Crippen MR) is 72.9 cm³/mol. The molecule has 1 aromatic rings. The standard InChI is InChI=1S/C13H21NO3S/c1-4-14-18(16)12-7-5-11(6-8-12)17-13(2,3)9-10-15/h5-8,14-15H,4,9-10H2,1-3H3. The lowest BCUT2D eigenvalue weighted by molar-refractivity contribution is 0.0764. The number of hydrogen-bond donors (Lipinski definition) is 2. The first-order chi connectivity index (χ1) is 8.48. The lowest BCUT2D eigenvalue weighted by Gasteiger charge is -2.25. The van der Waals surface area contributed by atoms with Crippen LogP contribution in [-0.2, 0) is 11.0 Å². The van der Waals surface area contributed by atoms with Crippen LogP contribution in [0.5, 0.6) is 5.75 Å². The van der Waals surface area contributed by atoms with Gasteiger partial charge in [0.05, 0.1) is 4.90 Å². The van der Waals surface area contributed by atoms with Gasteiger partial charge in [-0.3, -0.25) is 0 Å². The SMILES string of the molecule is CCNS(=O)c1ccc(OC(C)(C)CCO)cc1. The summed E-state index contributed by atoms with van der Waals surface area (Å²) in [6.07, 6.45) is 0.568. The van der Waals surface area contributed by atoms with Crippen LogP contribution in [0.25, 0.3) is 0 Å². The molecule has 0 radical (unpaired) electrons. The van der Waals surface area contributed by atoms with Crippen molar-refractivity contribution >= 4 is 11.0 Å². The average molecular weight is 271 g/mol. The lowest BCUT2D eigenvalue weighted by atomic mass is 10.1. The van der Waals surface area contributed by atoms with Gasteiger partial charge in [-0.1, -0.05) is 6.92 Å². The molecule has 0 spiro atoms. The van der Waals surface area contributed by atoms with Crippen LogP contribution in [0.1, 0.15) is 27.2 Å². The Labute approximate surface area is 111 Å². The van der Waals surface area contributed by atoms with Crippen LogP contribution < -0.4 is 9.46 Å². The lowest BCUT2D eigenvalue weighted by Crippen LogP contribution is -2.29. The van der Waals surface area contributed by atoms with Gasteiger partial charge >= 0.3 is 0 Å². The van der Waals surface area contributed by atoms with Crippen molar-refractivity contribution in [2.45, 2.75) is 37.7 Å². The molecular weight excluding hydrogens is 250 g/mol. The summed E-state index contributed by atoms with van der Waals surface area (Å²) in [5, 5.41) is 8.93. The minimum Gasteiger partial charge on any atom is -0.488 e. The van der Waals surface area contributed by atoms with E-state index in [2.05, 4.69) is 4.72 Å². The van der Waals surface area contributed by atoms with Crippen molar-refractivity contribution < 1.29 is 14.1 Å². The molecule has 5 heteroatoms. The highest BCUT2D eigenvalue weighted by Gasteiger charge is 2.18. The van der Waals surface area contributed by atoms with Gasteiger partial charge < -0.3 is 9.84 Å². The maximum Gasteiger partial charge on any atom is 0.124 e. The molecule has 18 heavy (non-hydrogen) atoms. The molecule has 1 aromatic carbocycles. The van der Waals surface area contributed by atoms with Crippen molar-refractivity contribution in [2.24, 2.45) is 0 Å². The van der Waals surface area contributed by atoms with Crippen molar-refractivity contribution in [3.8, 4) is 5.75 Å². The molecule has 4 nitrogen and oxygen atoms in total. The highest BCUT2D eigenvalue weighted by Crippen LogP contribution is 2.21. The fourth-order valence-electron chi connectivity index (χ4n) is 1.49. The number of ether oxygens (including phenoxy) is 1. The van der Waals surface area contributed by atoms with Crippen LogP contribution in [0, 0.1) is 0 Å². The van der Waals surface area contributed by atoms with Gasteiger partial charge in [-0.2, -0.15) is 0 Å². The normalized spacial score (nSPS) is 13.3. The molecule has 0 saturated heterocycles. The Balaban J connectivity index is 2.68. The van der Waals surface area contributed by atoms with E-state index < -0.39 is 16.6 Å².